The lowest BCUT2D eigenvalue weighted by molar-refractivity contribution is -0.131. The van der Waals surface area contributed by atoms with E-state index in [4.69, 9.17) is 69.7 Å². The first-order valence-electron chi connectivity index (χ1n) is 19.2. The second-order valence-corrected chi connectivity index (χ2v) is 16.4. The number of ketones is 2. The summed E-state index contributed by atoms with van der Waals surface area (Å²) in [6, 6.07) is 25.0. The van der Waals surface area contributed by atoms with Crippen LogP contribution >= 0.6 is 58.0 Å². The Balaban J connectivity index is 0.000000185. The van der Waals surface area contributed by atoms with Crippen LogP contribution in [0, 0.1) is 17.9 Å². The minimum absolute atomic E-state index is 0.0139. The Bertz CT molecular complexity index is 2740. The van der Waals surface area contributed by atoms with Gasteiger partial charge in [-0.1, -0.05) is 124 Å². The van der Waals surface area contributed by atoms with Crippen molar-refractivity contribution in [3.8, 4) is 6.07 Å². The van der Waals surface area contributed by atoms with Crippen molar-refractivity contribution in [3.05, 3.63) is 152 Å². The average Bonchev–Trinajstić information content (AvgIpc) is 3.95. The van der Waals surface area contributed by atoms with Gasteiger partial charge in [0.1, 0.15) is 11.0 Å². The van der Waals surface area contributed by atoms with Crippen molar-refractivity contribution in [1.29, 1.82) is 5.26 Å². The molecule has 2 fully saturated rings. The second kappa shape index (κ2) is 23.4. The average molecular weight is 947 g/mol. The number of aromatic nitrogens is 4. The number of nitrogens with one attached hydrogen (secondary N) is 3. The predicted molar refractivity (Wildman–Crippen MR) is 247 cm³/mol. The summed E-state index contributed by atoms with van der Waals surface area (Å²) < 4.78 is -0.750. The van der Waals surface area contributed by atoms with Crippen LogP contribution in [0.2, 0.25) is 10.0 Å². The fraction of sp³-hybridized carbons (Fsp3) is 0.200. The van der Waals surface area contributed by atoms with Crippen molar-refractivity contribution in [2.24, 2.45) is 0 Å². The predicted octanol–water partition coefficient (Wildman–Crippen LogP) is 10.2. The van der Waals surface area contributed by atoms with Gasteiger partial charge in [-0.25, -0.2) is 9.64 Å². The number of fused-ring (bicyclic) bond motifs is 2. The number of piperidine rings is 2. The van der Waals surface area contributed by atoms with Crippen LogP contribution in [0.3, 0.4) is 0 Å². The third-order valence-electron chi connectivity index (χ3n) is 9.79. The molecular weight excluding hydrogens is 910 g/mol. The highest BCUT2D eigenvalue weighted by atomic mass is 35.6. The SMILES string of the molecule is ClC(Cl)Cl.N#CC(=C1CCNCC1)c1ccccc1.O=C(O)C(=O)c1c[nH]c2c(Cl)ccnc12.[C-]#[N+]C(=C1CCN(C(=O)C(=O)c2c[nH]c3c(Cl)ccnc23)CC1)c1ccccc1. The van der Waals surface area contributed by atoms with Crippen molar-refractivity contribution in [2.45, 2.75) is 30.0 Å². The molecule has 63 heavy (non-hydrogen) atoms. The second-order valence-electron chi connectivity index (χ2n) is 13.6. The van der Waals surface area contributed by atoms with E-state index in [0.717, 1.165) is 48.2 Å². The molecule has 0 saturated carbocycles. The summed E-state index contributed by atoms with van der Waals surface area (Å²) in [5.41, 5.74) is 7.67. The van der Waals surface area contributed by atoms with Crippen molar-refractivity contribution in [2.75, 3.05) is 26.2 Å². The lowest BCUT2D eigenvalue weighted by Gasteiger charge is -2.28. The molecule has 0 atom stereocenters. The number of halogens is 5. The van der Waals surface area contributed by atoms with Gasteiger partial charge >= 0.3 is 5.97 Å². The van der Waals surface area contributed by atoms with Crippen molar-refractivity contribution < 1.29 is 24.3 Å². The number of benzene rings is 2. The van der Waals surface area contributed by atoms with Gasteiger partial charge in [0, 0.05) is 37.9 Å². The number of aliphatic carboxylic acids is 1. The molecular formula is C45H37Cl5N8O5. The molecule has 0 unspecified atom stereocenters. The molecule has 0 bridgehead atoms. The molecule has 0 spiro atoms. The number of carboxylic acid groups (broad SMARTS) is 1. The maximum atomic E-state index is 12.8. The number of rotatable bonds is 6. The Hall–Kier alpha value is -6.03. The fourth-order valence-electron chi connectivity index (χ4n) is 6.80. The topological polar surface area (TPSA) is 189 Å². The number of allylic oxidation sites excluding steroid dienone is 1. The van der Waals surface area contributed by atoms with Crippen LogP contribution in [0.25, 0.3) is 38.2 Å². The van der Waals surface area contributed by atoms with Gasteiger partial charge in [0.15, 0.2) is 9.99 Å². The number of nitriles is 1. The Morgan fingerprint density at radius 1 is 0.730 bits per heavy atom. The van der Waals surface area contributed by atoms with Crippen LogP contribution in [0.4, 0.5) is 0 Å². The first-order chi connectivity index (χ1) is 30.4. The number of pyridine rings is 2. The van der Waals surface area contributed by atoms with Gasteiger partial charge in [-0.05, 0) is 67.6 Å². The number of Topliss-reactive ketones (excluding diaryl/α,β-unsaturated/α-hetero) is 2. The Kier molecular flexibility index (Phi) is 17.9. The standard InChI is InChI=1S/C22H17ClN4O2.C13H14N2.C9H5ClN2O3.CHCl3/c1-24-18(14-5-3-2-4-6-14)15-8-11-27(12-9-15)22(29)21(28)16-13-26-20-17(23)7-10-25-19(16)20;14-10-13(11-4-2-1-3-5-11)12-6-8-15-9-7-12;10-5-1-2-11-6-4(3-12-7(5)6)8(13)9(14)15;2-1(3)4/h2-7,10,13,26H,8-9,11-12H2;1-5,15H,6-9H2;1-3,12H,(H,14,15);1H. The number of carbonyl (C=O) groups is 4. The highest BCUT2D eigenvalue weighted by molar-refractivity contribution is 6.63. The first-order valence-corrected chi connectivity index (χ1v) is 21.2. The van der Waals surface area contributed by atoms with Crippen molar-refractivity contribution >= 4 is 115 Å². The van der Waals surface area contributed by atoms with E-state index in [1.807, 2.05) is 60.7 Å². The maximum absolute atomic E-state index is 12.8. The van der Waals surface area contributed by atoms with Crippen LogP contribution in [-0.4, -0.2) is 83.9 Å². The van der Waals surface area contributed by atoms with Crippen LogP contribution in [0.1, 0.15) is 57.5 Å². The van der Waals surface area contributed by atoms with E-state index in [1.165, 1.54) is 30.4 Å². The van der Waals surface area contributed by atoms with Crippen LogP contribution in [-0.2, 0) is 9.59 Å². The van der Waals surface area contributed by atoms with Crippen LogP contribution in [0.15, 0.2) is 109 Å². The molecule has 8 rings (SSSR count). The lowest BCUT2D eigenvalue weighted by atomic mass is 9.95. The minimum Gasteiger partial charge on any atom is -0.475 e. The molecule has 0 radical (unpaired) electrons. The number of H-pyrrole nitrogens is 2. The zero-order valence-corrected chi connectivity index (χ0v) is 37.0. The molecule has 18 heteroatoms. The Morgan fingerprint density at radius 3 is 1.67 bits per heavy atom. The number of amides is 1. The summed E-state index contributed by atoms with van der Waals surface area (Å²) in [5.74, 6) is -3.68. The number of hydrogen-bond donors (Lipinski definition) is 4. The third-order valence-corrected chi connectivity index (χ3v) is 10.4. The van der Waals surface area contributed by atoms with Gasteiger partial charge in [-0.15, -0.1) is 0 Å². The molecule has 0 aliphatic carbocycles. The van der Waals surface area contributed by atoms with E-state index < -0.39 is 27.7 Å². The highest BCUT2D eigenvalue weighted by Gasteiger charge is 2.29. The molecule has 6 heterocycles. The highest BCUT2D eigenvalue weighted by Crippen LogP contribution is 2.30. The molecule has 2 aliphatic heterocycles. The van der Waals surface area contributed by atoms with Gasteiger partial charge in [-0.3, -0.25) is 24.4 Å². The molecule has 13 nitrogen and oxygen atoms in total. The van der Waals surface area contributed by atoms with E-state index in [-0.39, 0.29) is 16.6 Å². The van der Waals surface area contributed by atoms with Gasteiger partial charge in [0.05, 0.1) is 50.4 Å². The molecule has 4 aromatic heterocycles. The summed E-state index contributed by atoms with van der Waals surface area (Å²) in [7, 11) is 0. The quantitative estimate of drug-likeness (QED) is 0.0414. The third kappa shape index (κ3) is 12.6. The first kappa shape index (κ1) is 48.0. The van der Waals surface area contributed by atoms with E-state index in [1.54, 1.807) is 17.0 Å². The largest absolute Gasteiger partial charge is 0.475 e. The van der Waals surface area contributed by atoms with E-state index in [0.29, 0.717) is 58.2 Å². The Labute approximate surface area is 387 Å². The summed E-state index contributed by atoms with van der Waals surface area (Å²) in [6.45, 7) is 10.3. The monoisotopic (exact) mass is 944 g/mol. The zero-order chi connectivity index (χ0) is 45.5. The molecule has 322 valence electrons. The zero-order valence-electron chi connectivity index (χ0n) is 33.2. The number of carbonyl (C=O) groups excluding carboxylic acids is 3. The van der Waals surface area contributed by atoms with Crippen LogP contribution in [0.5, 0.6) is 0 Å². The molecule has 2 saturated heterocycles. The molecule has 2 aromatic carbocycles. The van der Waals surface area contributed by atoms with E-state index in [2.05, 4.69) is 36.2 Å². The van der Waals surface area contributed by atoms with Crippen molar-refractivity contribution in [3.63, 3.8) is 0 Å². The van der Waals surface area contributed by atoms with E-state index in [9.17, 15) is 24.4 Å². The number of alkyl halides is 3. The minimum atomic E-state index is -1.52. The smallest absolute Gasteiger partial charge is 0.377 e. The van der Waals surface area contributed by atoms with Crippen molar-refractivity contribution in [1.82, 2.24) is 30.2 Å². The van der Waals surface area contributed by atoms with Crippen LogP contribution < -0.4 is 5.32 Å². The summed E-state index contributed by atoms with van der Waals surface area (Å²) in [6.07, 6.45) is 8.83. The number of hydrogen-bond acceptors (Lipinski definition) is 8. The number of likely N-dealkylation sites (tertiary alicyclic amines) is 1. The molecule has 1 amide bonds. The number of aromatic amines is 2. The summed E-state index contributed by atoms with van der Waals surface area (Å²) in [4.78, 5) is 66.2. The van der Waals surface area contributed by atoms with E-state index >= 15 is 0 Å². The molecule has 4 N–H and O–H groups in total. The van der Waals surface area contributed by atoms with Gasteiger partial charge in [0.25, 0.3) is 17.5 Å². The van der Waals surface area contributed by atoms with Gasteiger partial charge in [-0.2, -0.15) is 5.26 Å². The molecule has 2 aliphatic rings. The summed E-state index contributed by atoms with van der Waals surface area (Å²) >= 11 is 26.3. The lowest BCUT2D eigenvalue weighted by Crippen LogP contribution is -2.40. The normalized spacial score (nSPS) is 13.2. The number of carboxylic acids is 1. The summed E-state index contributed by atoms with van der Waals surface area (Å²) in [5, 5.41) is 21.9. The van der Waals surface area contributed by atoms with Gasteiger partial charge in [0.2, 0.25) is 0 Å². The van der Waals surface area contributed by atoms with Gasteiger partial charge < -0.3 is 25.3 Å². The fourth-order valence-corrected chi connectivity index (χ4v) is 7.20. The maximum Gasteiger partial charge on any atom is 0.377 e. The Morgan fingerprint density at radius 2 is 1.21 bits per heavy atom. The number of nitrogens with zero attached hydrogens (tertiary/aromatic N) is 5. The molecule has 6 aromatic rings.